The third-order valence-corrected chi connectivity index (χ3v) is 11.8. The van der Waals surface area contributed by atoms with Crippen molar-refractivity contribution in [2.75, 3.05) is 139 Å². The number of benzene rings is 2. The number of carbonyl (C=O) groups excluding carboxylic acids is 3. The number of ether oxygens (including phenoxy) is 12. The van der Waals surface area contributed by atoms with Gasteiger partial charge >= 0.3 is 16.1 Å². The summed E-state index contributed by atoms with van der Waals surface area (Å²) in [6, 6.07) is 5.69. The molecule has 28 heteroatoms. The maximum atomic E-state index is 14.0. The van der Waals surface area contributed by atoms with Crippen molar-refractivity contribution in [2.24, 2.45) is 10.7 Å². The number of nitrogens with one attached hydrogen (secondary N) is 1. The monoisotopic (exact) mass is 1160 g/mol. The van der Waals surface area contributed by atoms with E-state index < -0.39 is 62.5 Å². The molecule has 0 saturated carbocycles. The second kappa shape index (κ2) is 38.3. The molecular formula is C52H71F4N5O18S. The average molecular weight is 1160 g/mol. The summed E-state index contributed by atoms with van der Waals surface area (Å²) in [4.78, 5) is 48.6. The van der Waals surface area contributed by atoms with E-state index in [0.717, 1.165) is 23.1 Å². The van der Waals surface area contributed by atoms with Gasteiger partial charge in [-0.05, 0) is 31.1 Å². The van der Waals surface area contributed by atoms with Gasteiger partial charge in [-0.2, -0.15) is 17.2 Å². The van der Waals surface area contributed by atoms with E-state index >= 15 is 0 Å². The smallest absolute Gasteiger partial charge is 0.313 e. The highest BCUT2D eigenvalue weighted by molar-refractivity contribution is 7.85. The predicted octanol–water partition coefficient (Wildman–Crippen LogP) is 4.66. The van der Waals surface area contributed by atoms with Crippen molar-refractivity contribution >= 4 is 45.4 Å². The molecule has 0 bridgehead atoms. The number of carbonyl (C=O) groups is 3. The highest BCUT2D eigenvalue weighted by atomic mass is 32.2. The van der Waals surface area contributed by atoms with Crippen LogP contribution in [0.2, 0.25) is 0 Å². The van der Waals surface area contributed by atoms with Crippen LogP contribution < -0.4 is 15.8 Å². The molecule has 446 valence electrons. The van der Waals surface area contributed by atoms with E-state index in [1.165, 1.54) is 0 Å². The van der Waals surface area contributed by atoms with Crippen molar-refractivity contribution in [3.63, 3.8) is 0 Å². The summed E-state index contributed by atoms with van der Waals surface area (Å²) in [6.45, 7) is 10.2. The van der Waals surface area contributed by atoms with Crippen molar-refractivity contribution in [1.82, 2.24) is 15.3 Å². The van der Waals surface area contributed by atoms with Crippen LogP contribution in [-0.4, -0.2) is 191 Å². The Balaban J connectivity index is 0.858. The first kappa shape index (κ1) is 67.0. The van der Waals surface area contributed by atoms with Crippen LogP contribution in [0.15, 0.2) is 46.1 Å². The first-order chi connectivity index (χ1) is 38.6. The Morgan fingerprint density at radius 2 is 1.10 bits per heavy atom. The van der Waals surface area contributed by atoms with Crippen molar-refractivity contribution in [1.29, 1.82) is 0 Å². The van der Waals surface area contributed by atoms with E-state index in [0.29, 0.717) is 128 Å². The number of rotatable bonds is 44. The number of fused-ring (bicyclic) bond motifs is 1. The predicted molar refractivity (Wildman–Crippen MR) is 278 cm³/mol. The maximum Gasteiger partial charge on any atom is 0.313 e. The number of hydrogen-bond acceptors (Lipinski definition) is 21. The first-order valence-corrected chi connectivity index (χ1v) is 27.3. The number of aliphatic imine (C=N–C) groups is 1. The lowest BCUT2D eigenvalue weighted by Crippen LogP contribution is -2.27. The Bertz CT molecular complexity index is 2510. The van der Waals surface area contributed by atoms with Crippen molar-refractivity contribution in [2.45, 2.75) is 63.5 Å². The molecule has 0 spiro atoms. The van der Waals surface area contributed by atoms with E-state index in [1.807, 2.05) is 38.1 Å². The Labute approximate surface area is 461 Å². The molecule has 23 nitrogen and oxygen atoms in total. The van der Waals surface area contributed by atoms with Crippen LogP contribution in [0.3, 0.4) is 0 Å². The van der Waals surface area contributed by atoms with Crippen molar-refractivity contribution < 1.29 is 102 Å². The summed E-state index contributed by atoms with van der Waals surface area (Å²) in [5, 5.41) is 2.80. The standard InChI is InChI=1S/C52H71F4N5O18S/c1-3-5-41(78-4-2)50(64)38-30-37-7-6-36(31-40(37)61-42(57)32-38)39-33-58-43(59-34-39)35-60-44(62)8-10-68-12-14-70-16-18-72-20-22-74-24-26-76-28-29-77-27-25-75-23-21-73-19-17-71-15-13-69-11-9-45(63)79-51-46(53)48(55)52(80(65,66)67)49(56)47(51)54/h6-7,30-31,33-34,41H,3-5,8-29,32,35H2,1-2H3,(H2,57,61)(H,60,62)(H,65,66,67). The fraction of sp³-hybridized carbons (Fsp3) is 0.577. The van der Waals surface area contributed by atoms with Crippen LogP contribution in [0, 0.1) is 23.3 Å². The van der Waals surface area contributed by atoms with Crippen molar-refractivity contribution in [3.8, 4) is 16.9 Å². The van der Waals surface area contributed by atoms with Gasteiger partial charge in [0, 0.05) is 48.5 Å². The number of aromatic nitrogens is 2. The number of Topliss-reactive ketones (excluding diaryl/α,β-unsaturated/α-hetero) is 1. The third kappa shape index (κ3) is 25.1. The molecule has 0 radical (unpaired) electrons. The molecule has 1 aliphatic heterocycles. The quantitative estimate of drug-likeness (QED) is 0.0173. The molecule has 1 aliphatic rings. The van der Waals surface area contributed by atoms with E-state index in [2.05, 4.69) is 25.0 Å². The van der Waals surface area contributed by atoms with Gasteiger partial charge in [0.25, 0.3) is 0 Å². The number of ketones is 1. The maximum absolute atomic E-state index is 14.0. The molecule has 4 N–H and O–H groups in total. The summed E-state index contributed by atoms with van der Waals surface area (Å²) >= 11 is 0. The largest absolute Gasteiger partial charge is 0.420 e. The van der Waals surface area contributed by atoms with Gasteiger partial charge < -0.3 is 67.9 Å². The normalized spacial score (nSPS) is 12.9. The Kier molecular flexibility index (Phi) is 32.1. The lowest BCUT2D eigenvalue weighted by molar-refractivity contribution is -0.136. The van der Waals surface area contributed by atoms with E-state index in [-0.39, 0.29) is 70.7 Å². The second-order valence-corrected chi connectivity index (χ2v) is 18.3. The fourth-order valence-electron chi connectivity index (χ4n) is 7.02. The lowest BCUT2D eigenvalue weighted by Gasteiger charge is -2.16. The number of nitrogens with two attached hydrogens (primary N) is 1. The Hall–Kier alpha value is -5.47. The number of halogens is 4. The van der Waals surface area contributed by atoms with E-state index in [4.69, 9.17) is 62.4 Å². The van der Waals surface area contributed by atoms with Crippen LogP contribution >= 0.6 is 0 Å². The molecule has 2 aromatic carbocycles. The molecule has 0 aliphatic carbocycles. The lowest BCUT2D eigenvalue weighted by atomic mass is 9.97. The number of amides is 1. The molecule has 1 aromatic heterocycles. The minimum absolute atomic E-state index is 0.0160. The van der Waals surface area contributed by atoms with Gasteiger partial charge in [0.1, 0.15) is 17.8 Å². The Morgan fingerprint density at radius 1 is 0.650 bits per heavy atom. The molecule has 2 heterocycles. The van der Waals surface area contributed by atoms with Gasteiger partial charge in [0.05, 0.1) is 151 Å². The molecule has 1 unspecified atom stereocenters. The van der Waals surface area contributed by atoms with Gasteiger partial charge in [0.15, 0.2) is 22.3 Å². The fourth-order valence-corrected chi connectivity index (χ4v) is 7.66. The SMILES string of the molecule is CCCC(OCC)C(=O)C1=Cc2ccc(-c3cnc(CNC(=O)CCOCCOCCOCCOCCOCCOCCOCCOCCOCCOCCC(=O)Oc4c(F)c(F)c(S(=O)(=O)O)c(F)c4F)nc3)cc2N=C(N)C1. The molecule has 0 saturated heterocycles. The molecule has 4 rings (SSSR count). The summed E-state index contributed by atoms with van der Waals surface area (Å²) in [5.41, 5.74) is 9.81. The molecule has 3 aromatic rings. The summed E-state index contributed by atoms with van der Waals surface area (Å²) in [5.74, 6) is -12.2. The van der Waals surface area contributed by atoms with Crippen molar-refractivity contribution in [3.05, 3.63) is 70.8 Å². The summed E-state index contributed by atoms with van der Waals surface area (Å²) in [7, 11) is -5.65. The number of hydrogen-bond donors (Lipinski definition) is 3. The minimum Gasteiger partial charge on any atom is -0.420 e. The molecule has 0 fully saturated rings. The minimum atomic E-state index is -5.65. The molecule has 80 heavy (non-hydrogen) atoms. The van der Waals surface area contributed by atoms with Gasteiger partial charge in [-0.1, -0.05) is 25.5 Å². The van der Waals surface area contributed by atoms with Gasteiger partial charge in [-0.3, -0.25) is 18.9 Å². The van der Waals surface area contributed by atoms with Crippen LogP contribution in [0.1, 0.15) is 57.3 Å². The van der Waals surface area contributed by atoms with Crippen LogP contribution in [-0.2, 0) is 83.2 Å². The highest BCUT2D eigenvalue weighted by Crippen LogP contribution is 2.34. The summed E-state index contributed by atoms with van der Waals surface area (Å²) in [6.07, 6.45) is 5.97. The molecule has 1 amide bonds. The zero-order valence-corrected chi connectivity index (χ0v) is 45.7. The van der Waals surface area contributed by atoms with E-state index in [1.54, 1.807) is 12.4 Å². The van der Waals surface area contributed by atoms with E-state index in [9.17, 15) is 40.4 Å². The number of nitrogens with zero attached hydrogens (tertiary/aromatic N) is 3. The third-order valence-electron chi connectivity index (χ3n) is 10.9. The second-order valence-electron chi connectivity index (χ2n) is 17.0. The van der Waals surface area contributed by atoms with Gasteiger partial charge in [0.2, 0.25) is 23.3 Å². The van der Waals surface area contributed by atoms with Crippen LogP contribution in [0.5, 0.6) is 5.75 Å². The van der Waals surface area contributed by atoms with Gasteiger partial charge in [-0.25, -0.2) is 23.7 Å². The van der Waals surface area contributed by atoms with Crippen LogP contribution in [0.25, 0.3) is 17.2 Å². The molecule has 1 atom stereocenters. The zero-order valence-electron chi connectivity index (χ0n) is 44.9. The topological polar surface area (TPSA) is 293 Å². The first-order valence-electron chi connectivity index (χ1n) is 25.9. The zero-order chi connectivity index (χ0) is 58.0. The average Bonchev–Trinajstić information content (AvgIpc) is 3.72. The highest BCUT2D eigenvalue weighted by Gasteiger charge is 2.34. The number of esters is 1. The number of amidine groups is 1. The van der Waals surface area contributed by atoms with Gasteiger partial charge in [-0.15, -0.1) is 0 Å². The van der Waals surface area contributed by atoms with Crippen LogP contribution in [0.4, 0.5) is 23.2 Å². The summed E-state index contributed by atoms with van der Waals surface area (Å²) < 4.78 is 151. The molecular weight excluding hydrogens is 1090 g/mol. The Morgan fingerprint density at radius 3 is 1.54 bits per heavy atom.